The van der Waals surface area contributed by atoms with Crippen LogP contribution in [-0.2, 0) is 14.3 Å². The molecule has 0 saturated heterocycles. The summed E-state index contributed by atoms with van der Waals surface area (Å²) in [7, 11) is 1.38. The minimum Gasteiger partial charge on any atom is -0.469 e. The molecule has 0 atom stereocenters. The Morgan fingerprint density at radius 3 is 2.33 bits per heavy atom. The number of esters is 1. The van der Waals surface area contributed by atoms with Crippen LogP contribution in [0, 0.1) is 0 Å². The van der Waals surface area contributed by atoms with Gasteiger partial charge < -0.3 is 10.1 Å². The summed E-state index contributed by atoms with van der Waals surface area (Å²) in [5.74, 6) is -0.242. The molecule has 0 saturated carbocycles. The van der Waals surface area contributed by atoms with Crippen molar-refractivity contribution in [1.82, 2.24) is 0 Å². The third-order valence-corrected chi connectivity index (χ3v) is 3.70. The van der Waals surface area contributed by atoms with Gasteiger partial charge in [-0.3, -0.25) is 9.59 Å². The van der Waals surface area contributed by atoms with Crippen LogP contribution in [0.25, 0.3) is 0 Å². The van der Waals surface area contributed by atoms with Crippen LogP contribution in [-0.4, -0.2) is 19.0 Å². The topological polar surface area (TPSA) is 55.4 Å². The number of nitrogens with one attached hydrogen (secondary N) is 1. The highest BCUT2D eigenvalue weighted by Crippen LogP contribution is 2.25. The van der Waals surface area contributed by atoms with Crippen LogP contribution in [0.3, 0.4) is 0 Å². The van der Waals surface area contributed by atoms with Gasteiger partial charge >= 0.3 is 5.97 Å². The molecule has 0 aliphatic carbocycles. The van der Waals surface area contributed by atoms with E-state index < -0.39 is 0 Å². The summed E-state index contributed by atoms with van der Waals surface area (Å²) in [6.07, 6.45) is 4.28. The van der Waals surface area contributed by atoms with Crippen LogP contribution in [0.4, 0.5) is 5.69 Å². The minimum atomic E-state index is -0.188. The molecule has 0 heterocycles. The van der Waals surface area contributed by atoms with E-state index in [0.29, 0.717) is 28.6 Å². The van der Waals surface area contributed by atoms with Gasteiger partial charge in [0.15, 0.2) is 0 Å². The Bertz CT molecular complexity index is 492. The number of carbonyl (C=O) groups is 2. The van der Waals surface area contributed by atoms with Crippen molar-refractivity contribution in [2.24, 2.45) is 0 Å². The number of methoxy groups -OCH3 is 1. The third kappa shape index (κ3) is 7.34. The normalized spacial score (nSPS) is 10.2. The van der Waals surface area contributed by atoms with E-state index in [-0.39, 0.29) is 11.9 Å². The number of unbranched alkanes of at least 4 members (excludes halogenated alkanes) is 3. The van der Waals surface area contributed by atoms with Crippen molar-refractivity contribution in [3.8, 4) is 0 Å². The van der Waals surface area contributed by atoms with E-state index in [0.717, 1.165) is 25.7 Å². The van der Waals surface area contributed by atoms with Crippen molar-refractivity contribution in [3.05, 3.63) is 28.2 Å². The fourth-order valence-corrected chi connectivity index (χ4v) is 2.11. The predicted molar refractivity (Wildman–Crippen MR) is 84.8 cm³/mol. The zero-order valence-corrected chi connectivity index (χ0v) is 13.5. The van der Waals surface area contributed by atoms with Crippen LogP contribution < -0.4 is 5.32 Å². The molecule has 0 unspecified atom stereocenters. The zero-order chi connectivity index (χ0) is 15.7. The fourth-order valence-electron chi connectivity index (χ4n) is 1.81. The molecule has 1 rings (SSSR count). The number of amides is 1. The first-order valence-corrected chi connectivity index (χ1v) is 7.60. The highest BCUT2D eigenvalue weighted by Gasteiger charge is 2.05. The largest absolute Gasteiger partial charge is 0.469 e. The second-order valence-corrected chi connectivity index (χ2v) is 5.48. The van der Waals surface area contributed by atoms with Crippen molar-refractivity contribution in [2.45, 2.75) is 38.5 Å². The Hall–Kier alpha value is -1.26. The molecule has 0 fully saturated rings. The second-order valence-electron chi connectivity index (χ2n) is 4.67. The standard InChI is InChI=1S/C15H19Cl2NO3/c1-21-15(20)7-5-3-2-4-6-14(19)18-11-8-9-12(16)13(17)10-11/h8-10H,2-7H2,1H3,(H,18,19). The summed E-state index contributed by atoms with van der Waals surface area (Å²) < 4.78 is 4.56. The molecule has 1 aromatic rings. The van der Waals surface area contributed by atoms with Gasteiger partial charge in [0.25, 0.3) is 0 Å². The first-order valence-electron chi connectivity index (χ1n) is 6.84. The van der Waals surface area contributed by atoms with E-state index in [9.17, 15) is 9.59 Å². The van der Waals surface area contributed by atoms with E-state index in [4.69, 9.17) is 23.2 Å². The molecule has 1 aromatic carbocycles. The van der Waals surface area contributed by atoms with Crippen LogP contribution in [0.5, 0.6) is 0 Å². The molecule has 116 valence electrons. The van der Waals surface area contributed by atoms with Crippen molar-refractivity contribution in [2.75, 3.05) is 12.4 Å². The lowest BCUT2D eigenvalue weighted by atomic mass is 10.1. The monoisotopic (exact) mass is 331 g/mol. The fraction of sp³-hybridized carbons (Fsp3) is 0.467. The lowest BCUT2D eigenvalue weighted by Gasteiger charge is -2.06. The molecular weight excluding hydrogens is 313 g/mol. The molecular formula is C15H19Cl2NO3. The Kier molecular flexibility index (Phi) is 8.16. The minimum absolute atomic E-state index is 0.0543. The van der Waals surface area contributed by atoms with Crippen molar-refractivity contribution in [3.63, 3.8) is 0 Å². The van der Waals surface area contributed by atoms with Crippen molar-refractivity contribution >= 4 is 40.8 Å². The number of halogens is 2. The Morgan fingerprint density at radius 2 is 1.71 bits per heavy atom. The van der Waals surface area contributed by atoms with Gasteiger partial charge in [-0.15, -0.1) is 0 Å². The second kappa shape index (κ2) is 9.64. The van der Waals surface area contributed by atoms with Crippen LogP contribution in [0.2, 0.25) is 10.0 Å². The Balaban J connectivity index is 2.16. The summed E-state index contributed by atoms with van der Waals surface area (Å²) in [6.45, 7) is 0. The Labute approximate surface area is 134 Å². The first kappa shape index (κ1) is 17.8. The summed E-state index contributed by atoms with van der Waals surface area (Å²) in [5.41, 5.74) is 0.639. The van der Waals surface area contributed by atoms with Crippen LogP contribution in [0.15, 0.2) is 18.2 Å². The summed E-state index contributed by atoms with van der Waals surface area (Å²) >= 11 is 11.7. The number of carbonyl (C=O) groups excluding carboxylic acids is 2. The Morgan fingerprint density at radius 1 is 1.05 bits per heavy atom. The van der Waals surface area contributed by atoms with Crippen molar-refractivity contribution in [1.29, 1.82) is 0 Å². The number of hydrogen-bond acceptors (Lipinski definition) is 3. The van der Waals surface area contributed by atoms with Gasteiger partial charge in [0.2, 0.25) is 5.91 Å². The molecule has 0 aliphatic heterocycles. The molecule has 1 amide bonds. The summed E-state index contributed by atoms with van der Waals surface area (Å²) in [6, 6.07) is 4.98. The number of hydrogen-bond donors (Lipinski definition) is 1. The lowest BCUT2D eigenvalue weighted by Crippen LogP contribution is -2.11. The zero-order valence-electron chi connectivity index (χ0n) is 12.0. The smallest absolute Gasteiger partial charge is 0.305 e. The third-order valence-electron chi connectivity index (χ3n) is 2.97. The van der Waals surface area contributed by atoms with Crippen LogP contribution in [0.1, 0.15) is 38.5 Å². The average molecular weight is 332 g/mol. The quantitative estimate of drug-likeness (QED) is 0.565. The predicted octanol–water partition coefficient (Wildman–Crippen LogP) is 4.45. The average Bonchev–Trinajstić information content (AvgIpc) is 2.46. The van der Waals surface area contributed by atoms with E-state index in [1.54, 1.807) is 18.2 Å². The molecule has 1 N–H and O–H groups in total. The maximum atomic E-state index is 11.7. The first-order chi connectivity index (χ1) is 10.0. The number of benzene rings is 1. The highest BCUT2D eigenvalue weighted by molar-refractivity contribution is 6.42. The van der Waals surface area contributed by atoms with Gasteiger partial charge in [-0.1, -0.05) is 36.0 Å². The highest BCUT2D eigenvalue weighted by atomic mass is 35.5. The molecule has 0 aliphatic rings. The number of ether oxygens (including phenoxy) is 1. The lowest BCUT2D eigenvalue weighted by molar-refractivity contribution is -0.140. The summed E-state index contributed by atoms with van der Waals surface area (Å²) in [4.78, 5) is 22.6. The van der Waals surface area contributed by atoms with E-state index in [2.05, 4.69) is 10.1 Å². The number of rotatable bonds is 8. The van der Waals surface area contributed by atoms with Gasteiger partial charge in [0, 0.05) is 18.5 Å². The van der Waals surface area contributed by atoms with Crippen LogP contribution >= 0.6 is 23.2 Å². The molecule has 21 heavy (non-hydrogen) atoms. The molecule has 0 radical (unpaired) electrons. The number of anilines is 1. The molecule has 6 heteroatoms. The molecule has 0 spiro atoms. The molecule has 4 nitrogen and oxygen atoms in total. The maximum Gasteiger partial charge on any atom is 0.305 e. The van der Waals surface area contributed by atoms with E-state index >= 15 is 0 Å². The van der Waals surface area contributed by atoms with Gasteiger partial charge in [-0.05, 0) is 31.0 Å². The maximum absolute atomic E-state index is 11.7. The molecule has 0 bridgehead atoms. The van der Waals surface area contributed by atoms with E-state index in [1.807, 2.05) is 0 Å². The SMILES string of the molecule is COC(=O)CCCCCCC(=O)Nc1ccc(Cl)c(Cl)c1. The van der Waals surface area contributed by atoms with Crippen molar-refractivity contribution < 1.29 is 14.3 Å². The van der Waals surface area contributed by atoms with Gasteiger partial charge in [-0.25, -0.2) is 0 Å². The van der Waals surface area contributed by atoms with E-state index in [1.165, 1.54) is 7.11 Å². The van der Waals surface area contributed by atoms with Gasteiger partial charge in [-0.2, -0.15) is 0 Å². The van der Waals surface area contributed by atoms with Gasteiger partial charge in [0.1, 0.15) is 0 Å². The van der Waals surface area contributed by atoms with Gasteiger partial charge in [0.05, 0.1) is 17.2 Å². The summed E-state index contributed by atoms with van der Waals surface area (Å²) in [5, 5.41) is 3.64. The molecule has 0 aromatic heterocycles.